The number of nitrogens with zero attached hydrogens (tertiary/aromatic N) is 4. The SMILES string of the molecule is C[C@H](N)c1cccnc1N1CCN(c2ccccn2)CC1. The molecule has 0 amide bonds. The second-order valence-corrected chi connectivity index (χ2v) is 5.37. The second-order valence-electron chi connectivity index (χ2n) is 5.37. The van der Waals surface area contributed by atoms with Crippen LogP contribution in [0.25, 0.3) is 0 Å². The smallest absolute Gasteiger partial charge is 0.133 e. The van der Waals surface area contributed by atoms with Crippen LogP contribution in [0.5, 0.6) is 0 Å². The molecular formula is C16H21N5. The van der Waals surface area contributed by atoms with Gasteiger partial charge in [0.15, 0.2) is 0 Å². The molecule has 1 atom stereocenters. The van der Waals surface area contributed by atoms with Crippen molar-refractivity contribution in [3.8, 4) is 0 Å². The highest BCUT2D eigenvalue weighted by Crippen LogP contribution is 2.24. The summed E-state index contributed by atoms with van der Waals surface area (Å²) in [4.78, 5) is 13.6. The minimum atomic E-state index is 0.00233. The van der Waals surface area contributed by atoms with Gasteiger partial charge in [-0.3, -0.25) is 0 Å². The number of aromatic nitrogens is 2. The molecule has 2 aromatic rings. The molecule has 5 heteroatoms. The lowest BCUT2D eigenvalue weighted by atomic mass is 10.1. The van der Waals surface area contributed by atoms with Crippen molar-refractivity contribution in [2.75, 3.05) is 36.0 Å². The first-order valence-corrected chi connectivity index (χ1v) is 7.37. The molecule has 0 radical (unpaired) electrons. The van der Waals surface area contributed by atoms with E-state index in [2.05, 4.69) is 31.9 Å². The van der Waals surface area contributed by atoms with Crippen LogP contribution in [-0.4, -0.2) is 36.1 Å². The van der Waals surface area contributed by atoms with Crippen molar-refractivity contribution in [1.29, 1.82) is 0 Å². The Morgan fingerprint density at radius 2 is 1.67 bits per heavy atom. The molecule has 110 valence electrons. The quantitative estimate of drug-likeness (QED) is 0.931. The van der Waals surface area contributed by atoms with E-state index in [-0.39, 0.29) is 6.04 Å². The lowest BCUT2D eigenvalue weighted by Crippen LogP contribution is -2.47. The average molecular weight is 283 g/mol. The van der Waals surface area contributed by atoms with Crippen molar-refractivity contribution in [3.63, 3.8) is 0 Å². The predicted molar refractivity (Wildman–Crippen MR) is 85.5 cm³/mol. The maximum atomic E-state index is 6.05. The summed E-state index contributed by atoms with van der Waals surface area (Å²) in [5, 5.41) is 0. The molecule has 0 bridgehead atoms. The van der Waals surface area contributed by atoms with E-state index < -0.39 is 0 Å². The highest BCUT2D eigenvalue weighted by atomic mass is 15.3. The van der Waals surface area contributed by atoms with Crippen LogP contribution in [0.3, 0.4) is 0 Å². The first-order chi connectivity index (χ1) is 10.3. The van der Waals surface area contributed by atoms with Gasteiger partial charge in [0, 0.05) is 50.2 Å². The monoisotopic (exact) mass is 283 g/mol. The molecule has 0 unspecified atom stereocenters. The summed E-state index contributed by atoms with van der Waals surface area (Å²) in [5.74, 6) is 2.07. The molecule has 0 aliphatic carbocycles. The van der Waals surface area contributed by atoms with Gasteiger partial charge < -0.3 is 15.5 Å². The Bertz CT molecular complexity index is 576. The molecule has 0 saturated carbocycles. The van der Waals surface area contributed by atoms with E-state index in [9.17, 15) is 0 Å². The van der Waals surface area contributed by atoms with Gasteiger partial charge in [-0.2, -0.15) is 0 Å². The van der Waals surface area contributed by atoms with E-state index in [1.165, 1.54) is 0 Å². The van der Waals surface area contributed by atoms with Crippen LogP contribution in [0.1, 0.15) is 18.5 Å². The number of piperazine rings is 1. The molecule has 0 aromatic carbocycles. The Hall–Kier alpha value is -2.14. The van der Waals surface area contributed by atoms with Gasteiger partial charge in [0.05, 0.1) is 0 Å². The predicted octanol–water partition coefficient (Wildman–Crippen LogP) is 1.82. The standard InChI is InChI=1S/C16H21N5/c1-13(17)14-5-4-8-19-16(14)21-11-9-20(10-12-21)15-6-2-3-7-18-15/h2-8,13H,9-12,17H2,1H3/t13-/m0/s1. The molecule has 1 aliphatic heterocycles. The molecule has 0 spiro atoms. The van der Waals surface area contributed by atoms with Crippen molar-refractivity contribution < 1.29 is 0 Å². The highest BCUT2D eigenvalue weighted by molar-refractivity contribution is 5.50. The lowest BCUT2D eigenvalue weighted by molar-refractivity contribution is 0.635. The summed E-state index contributed by atoms with van der Waals surface area (Å²) in [6, 6.07) is 10.1. The van der Waals surface area contributed by atoms with Gasteiger partial charge >= 0.3 is 0 Å². The zero-order valence-corrected chi connectivity index (χ0v) is 12.3. The summed E-state index contributed by atoms with van der Waals surface area (Å²) < 4.78 is 0. The van der Waals surface area contributed by atoms with Crippen LogP contribution in [0.2, 0.25) is 0 Å². The topological polar surface area (TPSA) is 58.3 Å². The van der Waals surface area contributed by atoms with Crippen molar-refractivity contribution in [2.24, 2.45) is 5.73 Å². The molecule has 3 heterocycles. The molecule has 3 rings (SSSR count). The Morgan fingerprint density at radius 3 is 2.33 bits per heavy atom. The normalized spacial score (nSPS) is 16.9. The summed E-state index contributed by atoms with van der Waals surface area (Å²) in [6.45, 7) is 5.78. The van der Waals surface area contributed by atoms with E-state index in [4.69, 9.17) is 5.73 Å². The van der Waals surface area contributed by atoms with Crippen molar-refractivity contribution in [1.82, 2.24) is 9.97 Å². The number of anilines is 2. The first kappa shape index (κ1) is 13.8. The minimum absolute atomic E-state index is 0.00233. The van der Waals surface area contributed by atoms with Crippen molar-refractivity contribution in [2.45, 2.75) is 13.0 Å². The zero-order chi connectivity index (χ0) is 14.7. The fourth-order valence-electron chi connectivity index (χ4n) is 2.72. The van der Waals surface area contributed by atoms with Gasteiger partial charge in [0.25, 0.3) is 0 Å². The summed E-state index contributed by atoms with van der Waals surface area (Å²) in [6.07, 6.45) is 3.68. The van der Waals surface area contributed by atoms with Crippen LogP contribution in [0.15, 0.2) is 42.7 Å². The molecule has 5 nitrogen and oxygen atoms in total. The van der Waals surface area contributed by atoms with Crippen LogP contribution >= 0.6 is 0 Å². The lowest BCUT2D eigenvalue weighted by Gasteiger charge is -2.37. The van der Waals surface area contributed by atoms with Crippen LogP contribution < -0.4 is 15.5 Å². The third-order valence-corrected chi connectivity index (χ3v) is 3.86. The average Bonchev–Trinajstić information content (AvgIpc) is 2.56. The van der Waals surface area contributed by atoms with Gasteiger partial charge in [-0.05, 0) is 25.1 Å². The molecule has 1 saturated heterocycles. The molecule has 1 aliphatic rings. The molecule has 2 aromatic heterocycles. The summed E-state index contributed by atoms with van der Waals surface area (Å²) in [5.41, 5.74) is 7.17. The van der Waals surface area contributed by atoms with Crippen molar-refractivity contribution in [3.05, 3.63) is 48.3 Å². The van der Waals surface area contributed by atoms with Gasteiger partial charge in [-0.1, -0.05) is 12.1 Å². The fourth-order valence-corrected chi connectivity index (χ4v) is 2.72. The Morgan fingerprint density at radius 1 is 0.952 bits per heavy atom. The molecule has 1 fully saturated rings. The third-order valence-electron chi connectivity index (χ3n) is 3.86. The molecule has 2 N–H and O–H groups in total. The van der Waals surface area contributed by atoms with Crippen molar-refractivity contribution >= 4 is 11.6 Å². The minimum Gasteiger partial charge on any atom is -0.353 e. The maximum Gasteiger partial charge on any atom is 0.133 e. The van der Waals surface area contributed by atoms with E-state index in [1.807, 2.05) is 37.5 Å². The van der Waals surface area contributed by atoms with E-state index >= 15 is 0 Å². The van der Waals surface area contributed by atoms with Crippen LogP contribution in [0.4, 0.5) is 11.6 Å². The molecule has 21 heavy (non-hydrogen) atoms. The summed E-state index contributed by atoms with van der Waals surface area (Å²) >= 11 is 0. The number of rotatable bonds is 3. The van der Waals surface area contributed by atoms with Gasteiger partial charge in [0.2, 0.25) is 0 Å². The zero-order valence-electron chi connectivity index (χ0n) is 12.3. The van der Waals surface area contributed by atoms with Gasteiger partial charge in [-0.25, -0.2) is 9.97 Å². The summed E-state index contributed by atoms with van der Waals surface area (Å²) in [7, 11) is 0. The number of pyridine rings is 2. The Kier molecular flexibility index (Phi) is 4.01. The van der Waals surface area contributed by atoms with Gasteiger partial charge in [-0.15, -0.1) is 0 Å². The second kappa shape index (κ2) is 6.10. The number of hydrogen-bond donors (Lipinski definition) is 1. The first-order valence-electron chi connectivity index (χ1n) is 7.37. The number of hydrogen-bond acceptors (Lipinski definition) is 5. The number of nitrogens with two attached hydrogens (primary N) is 1. The fraction of sp³-hybridized carbons (Fsp3) is 0.375. The third kappa shape index (κ3) is 2.97. The molecular weight excluding hydrogens is 262 g/mol. The van der Waals surface area contributed by atoms with E-state index in [1.54, 1.807) is 0 Å². The maximum absolute atomic E-state index is 6.05. The Labute approximate surface area is 125 Å². The Balaban J connectivity index is 1.72. The van der Waals surface area contributed by atoms with E-state index in [0.29, 0.717) is 0 Å². The van der Waals surface area contributed by atoms with Crippen LogP contribution in [0, 0.1) is 0 Å². The van der Waals surface area contributed by atoms with E-state index in [0.717, 1.165) is 43.4 Å². The van der Waals surface area contributed by atoms with Crippen LogP contribution in [-0.2, 0) is 0 Å². The van der Waals surface area contributed by atoms with Gasteiger partial charge in [0.1, 0.15) is 11.6 Å². The highest BCUT2D eigenvalue weighted by Gasteiger charge is 2.21. The largest absolute Gasteiger partial charge is 0.353 e.